The van der Waals surface area contributed by atoms with Crippen LogP contribution in [0.4, 0.5) is 10.2 Å². The van der Waals surface area contributed by atoms with Gasteiger partial charge < -0.3 is 5.32 Å². The Hall–Kier alpha value is -0.610. The Bertz CT molecular complexity index is 390. The lowest BCUT2D eigenvalue weighted by molar-refractivity contribution is 0.410. The van der Waals surface area contributed by atoms with Crippen LogP contribution in [-0.4, -0.2) is 20.3 Å². The minimum Gasteiger partial charge on any atom is -0.365 e. The van der Waals surface area contributed by atoms with Crippen molar-refractivity contribution in [2.24, 2.45) is 0 Å². The molecule has 0 radical (unpaired) electrons. The van der Waals surface area contributed by atoms with Crippen LogP contribution in [-0.2, 0) is 6.42 Å². The van der Waals surface area contributed by atoms with Crippen LogP contribution < -0.4 is 5.32 Å². The topological polar surface area (TPSA) is 37.8 Å². The first-order chi connectivity index (χ1) is 7.52. The van der Waals surface area contributed by atoms with Gasteiger partial charge in [0.15, 0.2) is 11.6 Å². The number of nitrogens with one attached hydrogen (secondary N) is 1. The quantitative estimate of drug-likeness (QED) is 0.853. The van der Waals surface area contributed by atoms with Gasteiger partial charge in [-0.25, -0.2) is 14.4 Å². The fraction of sp³-hybridized carbons (Fsp3) is 0.600. The van der Waals surface area contributed by atoms with E-state index in [0.717, 1.165) is 0 Å². The normalized spacial score (nSPS) is 19.2. The highest BCUT2D eigenvalue weighted by Crippen LogP contribution is 2.43. The van der Waals surface area contributed by atoms with Gasteiger partial charge in [-0.3, -0.25) is 0 Å². The first-order valence-electron chi connectivity index (χ1n) is 5.15. The number of hydrogen-bond donors (Lipinski definition) is 1. The number of aromatic nitrogens is 2. The molecule has 3 nitrogen and oxygen atoms in total. The highest BCUT2D eigenvalue weighted by atomic mass is 35.5. The Morgan fingerprint density at radius 1 is 1.50 bits per heavy atom. The zero-order valence-electron chi connectivity index (χ0n) is 8.80. The summed E-state index contributed by atoms with van der Waals surface area (Å²) in [7, 11) is 0. The predicted molar refractivity (Wildman–Crippen MR) is 62.4 cm³/mol. The van der Waals surface area contributed by atoms with Crippen LogP contribution >= 0.6 is 23.2 Å². The van der Waals surface area contributed by atoms with Gasteiger partial charge >= 0.3 is 0 Å². The van der Waals surface area contributed by atoms with Crippen molar-refractivity contribution in [2.75, 3.05) is 5.32 Å². The maximum absolute atomic E-state index is 13.7. The van der Waals surface area contributed by atoms with E-state index in [1.165, 1.54) is 6.33 Å². The monoisotopic (exact) mass is 263 g/mol. The fourth-order valence-electron chi connectivity index (χ4n) is 1.71. The van der Waals surface area contributed by atoms with E-state index in [2.05, 4.69) is 15.3 Å². The number of halogens is 3. The summed E-state index contributed by atoms with van der Waals surface area (Å²) in [6.07, 6.45) is 3.10. The Labute approximate surface area is 103 Å². The molecule has 1 aromatic heterocycles. The molecule has 0 saturated heterocycles. The summed E-state index contributed by atoms with van der Waals surface area (Å²) in [4.78, 5) is 7.73. The first kappa shape index (κ1) is 11.9. The molecule has 2 rings (SSSR count). The average Bonchev–Trinajstić information content (AvgIpc) is 2.18. The van der Waals surface area contributed by atoms with E-state index < -0.39 is 4.33 Å². The minimum atomic E-state index is -0.672. The third kappa shape index (κ3) is 2.38. The molecule has 16 heavy (non-hydrogen) atoms. The van der Waals surface area contributed by atoms with Crippen LogP contribution in [0.2, 0.25) is 0 Å². The van der Waals surface area contributed by atoms with Crippen molar-refractivity contribution >= 4 is 29.0 Å². The van der Waals surface area contributed by atoms with E-state index in [4.69, 9.17) is 23.2 Å². The molecule has 0 atom stereocenters. The third-order valence-corrected chi connectivity index (χ3v) is 3.24. The number of rotatable bonds is 3. The van der Waals surface area contributed by atoms with Crippen LogP contribution in [0.25, 0.3) is 0 Å². The Morgan fingerprint density at radius 3 is 2.75 bits per heavy atom. The Kier molecular flexibility index (Phi) is 3.22. The molecule has 1 saturated carbocycles. The van der Waals surface area contributed by atoms with Crippen LogP contribution in [0.1, 0.15) is 25.5 Å². The van der Waals surface area contributed by atoms with Crippen molar-refractivity contribution in [3.05, 3.63) is 17.8 Å². The lowest BCUT2D eigenvalue weighted by Crippen LogP contribution is -2.43. The maximum atomic E-state index is 13.7. The molecule has 0 aliphatic heterocycles. The summed E-state index contributed by atoms with van der Waals surface area (Å²) in [5, 5.41) is 2.98. The lowest BCUT2D eigenvalue weighted by atomic mass is 9.91. The smallest absolute Gasteiger partial charge is 0.186 e. The molecular formula is C10H12Cl2FN3. The van der Waals surface area contributed by atoms with Crippen molar-refractivity contribution in [1.82, 2.24) is 9.97 Å². The Balaban J connectivity index is 2.05. The number of anilines is 1. The zero-order chi connectivity index (χ0) is 11.8. The van der Waals surface area contributed by atoms with Gasteiger partial charge in [-0.1, -0.05) is 6.92 Å². The van der Waals surface area contributed by atoms with Gasteiger partial charge in [0.25, 0.3) is 0 Å². The van der Waals surface area contributed by atoms with E-state index in [9.17, 15) is 4.39 Å². The molecule has 1 N–H and O–H groups in total. The SMILES string of the molecule is CCc1ncnc(NC2CC(Cl)(Cl)C2)c1F. The molecule has 1 fully saturated rings. The standard InChI is InChI=1S/C10H12Cl2FN3/c1-2-7-8(13)9(15-5-14-7)16-6-3-10(11,12)4-6/h5-6H,2-4H2,1H3,(H,14,15,16). The summed E-state index contributed by atoms with van der Waals surface area (Å²) >= 11 is 11.7. The summed E-state index contributed by atoms with van der Waals surface area (Å²) in [5.74, 6) is -0.146. The highest BCUT2D eigenvalue weighted by Gasteiger charge is 2.41. The zero-order valence-corrected chi connectivity index (χ0v) is 10.3. The first-order valence-corrected chi connectivity index (χ1v) is 5.91. The van der Waals surface area contributed by atoms with Gasteiger partial charge in [0.05, 0.1) is 5.69 Å². The van der Waals surface area contributed by atoms with Gasteiger partial charge in [0, 0.05) is 18.9 Å². The van der Waals surface area contributed by atoms with Gasteiger partial charge in [0.2, 0.25) is 0 Å². The van der Waals surface area contributed by atoms with Gasteiger partial charge in [-0.15, -0.1) is 23.2 Å². The molecule has 1 aliphatic carbocycles. The van der Waals surface area contributed by atoms with E-state index in [-0.39, 0.29) is 17.7 Å². The third-order valence-electron chi connectivity index (χ3n) is 2.63. The number of hydrogen-bond acceptors (Lipinski definition) is 3. The molecule has 6 heteroatoms. The van der Waals surface area contributed by atoms with E-state index in [1.807, 2.05) is 6.92 Å². The van der Waals surface area contributed by atoms with Gasteiger partial charge in [-0.05, 0) is 6.42 Å². The van der Waals surface area contributed by atoms with Crippen LogP contribution in [0.5, 0.6) is 0 Å². The molecular weight excluding hydrogens is 252 g/mol. The molecule has 0 bridgehead atoms. The lowest BCUT2D eigenvalue weighted by Gasteiger charge is -2.38. The average molecular weight is 264 g/mol. The molecule has 0 aromatic carbocycles. The summed E-state index contributed by atoms with van der Waals surface area (Å²) in [5.41, 5.74) is 0.417. The van der Waals surface area contributed by atoms with Crippen molar-refractivity contribution in [1.29, 1.82) is 0 Å². The van der Waals surface area contributed by atoms with Crippen molar-refractivity contribution in [3.63, 3.8) is 0 Å². The molecule has 88 valence electrons. The molecule has 1 heterocycles. The number of nitrogens with zero attached hydrogens (tertiary/aromatic N) is 2. The van der Waals surface area contributed by atoms with Crippen molar-refractivity contribution in [2.45, 2.75) is 36.6 Å². The van der Waals surface area contributed by atoms with Crippen LogP contribution in [0, 0.1) is 5.82 Å². The molecule has 0 spiro atoms. The van der Waals surface area contributed by atoms with Crippen LogP contribution in [0.15, 0.2) is 6.33 Å². The second-order valence-corrected chi connectivity index (χ2v) is 5.58. The summed E-state index contributed by atoms with van der Waals surface area (Å²) < 4.78 is 13.1. The van der Waals surface area contributed by atoms with Gasteiger partial charge in [-0.2, -0.15) is 0 Å². The van der Waals surface area contributed by atoms with E-state index >= 15 is 0 Å². The Morgan fingerprint density at radius 2 is 2.19 bits per heavy atom. The highest BCUT2D eigenvalue weighted by molar-refractivity contribution is 6.49. The predicted octanol–water partition coefficient (Wildman–Crippen LogP) is 2.93. The van der Waals surface area contributed by atoms with Crippen molar-refractivity contribution in [3.8, 4) is 0 Å². The molecule has 0 amide bonds. The number of alkyl halides is 2. The summed E-state index contributed by atoms with van der Waals surface area (Å²) in [6.45, 7) is 1.85. The summed E-state index contributed by atoms with van der Waals surface area (Å²) in [6, 6.07) is 0.0871. The number of aryl methyl sites for hydroxylation is 1. The second-order valence-electron chi connectivity index (χ2n) is 3.94. The second kappa shape index (κ2) is 4.34. The molecule has 1 aromatic rings. The van der Waals surface area contributed by atoms with Crippen molar-refractivity contribution < 1.29 is 4.39 Å². The molecule has 0 unspecified atom stereocenters. The van der Waals surface area contributed by atoms with Gasteiger partial charge in [0.1, 0.15) is 10.7 Å². The minimum absolute atomic E-state index is 0.0871. The van der Waals surface area contributed by atoms with Crippen LogP contribution in [0.3, 0.4) is 0 Å². The maximum Gasteiger partial charge on any atom is 0.186 e. The molecule has 1 aliphatic rings. The fourth-order valence-corrected chi connectivity index (χ4v) is 2.46. The van der Waals surface area contributed by atoms with E-state index in [1.54, 1.807) is 0 Å². The van der Waals surface area contributed by atoms with E-state index in [0.29, 0.717) is 25.0 Å². The largest absolute Gasteiger partial charge is 0.365 e.